The molecule has 0 aliphatic carbocycles. The van der Waals surface area contributed by atoms with Gasteiger partial charge in [-0.2, -0.15) is 0 Å². The Balaban J connectivity index is 2.04. The van der Waals surface area contributed by atoms with Gasteiger partial charge in [-0.3, -0.25) is 4.79 Å². The maximum Gasteiger partial charge on any atom is 0.264 e. The zero-order valence-corrected chi connectivity index (χ0v) is 11.4. The molecule has 0 saturated heterocycles. The molecule has 1 amide bonds. The molecule has 2 aromatic heterocycles. The molecule has 0 aliphatic rings. The number of thiophene rings is 1. The third-order valence-electron chi connectivity index (χ3n) is 2.48. The van der Waals surface area contributed by atoms with E-state index >= 15 is 0 Å². The highest BCUT2D eigenvalue weighted by atomic mass is 32.1. The summed E-state index contributed by atoms with van der Waals surface area (Å²) in [5, 5.41) is 0. The van der Waals surface area contributed by atoms with Gasteiger partial charge in [0.15, 0.2) is 0 Å². The third-order valence-corrected chi connectivity index (χ3v) is 3.47. The van der Waals surface area contributed by atoms with Crippen molar-refractivity contribution in [3.8, 4) is 11.8 Å². The Hall–Kier alpha value is -2.03. The summed E-state index contributed by atoms with van der Waals surface area (Å²) in [4.78, 5) is 15.4. The van der Waals surface area contributed by atoms with Crippen LogP contribution in [0, 0.1) is 11.8 Å². The summed E-state index contributed by atoms with van der Waals surface area (Å²) in [5.74, 6) is 5.67. The highest BCUT2D eigenvalue weighted by Crippen LogP contribution is 2.18. The number of nitrogens with zero attached hydrogens (tertiary/aromatic N) is 1. The van der Waals surface area contributed by atoms with Crippen molar-refractivity contribution in [2.75, 3.05) is 13.6 Å². The summed E-state index contributed by atoms with van der Waals surface area (Å²) in [7, 11) is 1.76. The van der Waals surface area contributed by atoms with E-state index in [0.717, 1.165) is 10.4 Å². The van der Waals surface area contributed by atoms with Gasteiger partial charge >= 0.3 is 0 Å². The standard InChI is InChI=1S/C14H14N2O2S/c1-16(9-11-6-8-18-10-11)14(17)13-5-4-12(19-13)3-2-7-15/h4-6,8,10H,7,9,15H2,1H3. The second-order valence-electron chi connectivity index (χ2n) is 3.96. The molecule has 0 aromatic carbocycles. The van der Waals surface area contributed by atoms with Crippen LogP contribution in [0.2, 0.25) is 0 Å². The first-order valence-corrected chi connectivity index (χ1v) is 6.57. The number of furan rings is 1. The van der Waals surface area contributed by atoms with Crippen molar-refractivity contribution >= 4 is 17.2 Å². The van der Waals surface area contributed by atoms with Crippen LogP contribution in [-0.2, 0) is 6.54 Å². The van der Waals surface area contributed by atoms with Crippen molar-refractivity contribution in [2.45, 2.75) is 6.54 Å². The number of nitrogens with two attached hydrogens (primary N) is 1. The fraction of sp³-hybridized carbons (Fsp3) is 0.214. The number of carbonyl (C=O) groups is 1. The average Bonchev–Trinajstić information content (AvgIpc) is 3.06. The molecule has 98 valence electrons. The lowest BCUT2D eigenvalue weighted by atomic mass is 10.3. The maximum absolute atomic E-state index is 12.2. The van der Waals surface area contributed by atoms with E-state index in [2.05, 4.69) is 11.8 Å². The van der Waals surface area contributed by atoms with E-state index in [9.17, 15) is 4.79 Å². The molecule has 0 aliphatic heterocycles. The molecule has 0 fully saturated rings. The molecular formula is C14H14N2O2S. The number of hydrogen-bond acceptors (Lipinski definition) is 4. The second-order valence-corrected chi connectivity index (χ2v) is 5.05. The Kier molecular flexibility index (Phi) is 4.39. The van der Waals surface area contributed by atoms with Crippen molar-refractivity contribution in [1.29, 1.82) is 0 Å². The number of carbonyl (C=O) groups excluding carboxylic acids is 1. The van der Waals surface area contributed by atoms with Crippen LogP contribution in [0.4, 0.5) is 0 Å². The van der Waals surface area contributed by atoms with Gasteiger partial charge in [-0.25, -0.2) is 0 Å². The van der Waals surface area contributed by atoms with Crippen LogP contribution in [0.1, 0.15) is 20.1 Å². The summed E-state index contributed by atoms with van der Waals surface area (Å²) < 4.78 is 4.98. The topological polar surface area (TPSA) is 59.5 Å². The Morgan fingerprint density at radius 3 is 3.00 bits per heavy atom. The average molecular weight is 274 g/mol. The molecule has 4 nitrogen and oxygen atoms in total. The molecule has 0 saturated carbocycles. The smallest absolute Gasteiger partial charge is 0.264 e. The van der Waals surface area contributed by atoms with Crippen molar-refractivity contribution in [2.24, 2.45) is 5.73 Å². The summed E-state index contributed by atoms with van der Waals surface area (Å²) in [5.41, 5.74) is 6.28. The van der Waals surface area contributed by atoms with Crippen LogP contribution in [0.15, 0.2) is 35.1 Å². The SMILES string of the molecule is CN(Cc1ccoc1)C(=O)c1ccc(C#CCN)s1. The molecule has 0 unspecified atom stereocenters. The quantitative estimate of drug-likeness (QED) is 0.870. The minimum Gasteiger partial charge on any atom is -0.472 e. The minimum absolute atomic E-state index is 0.0213. The highest BCUT2D eigenvalue weighted by Gasteiger charge is 2.14. The van der Waals surface area contributed by atoms with E-state index in [1.54, 1.807) is 30.5 Å². The van der Waals surface area contributed by atoms with Gasteiger partial charge in [0.2, 0.25) is 0 Å². The molecule has 0 spiro atoms. The predicted molar refractivity (Wildman–Crippen MR) is 74.8 cm³/mol. The van der Waals surface area contributed by atoms with E-state index < -0.39 is 0 Å². The lowest BCUT2D eigenvalue weighted by molar-refractivity contribution is 0.0789. The van der Waals surface area contributed by atoms with Gasteiger partial charge in [-0.15, -0.1) is 11.3 Å². The largest absolute Gasteiger partial charge is 0.472 e. The molecular weight excluding hydrogens is 260 g/mol. The lowest BCUT2D eigenvalue weighted by Crippen LogP contribution is -2.25. The molecule has 2 N–H and O–H groups in total. The Bertz CT molecular complexity index is 605. The first-order chi connectivity index (χ1) is 9.20. The summed E-state index contributed by atoms with van der Waals surface area (Å²) in [6, 6.07) is 5.47. The van der Waals surface area contributed by atoms with E-state index in [-0.39, 0.29) is 5.91 Å². The third kappa shape index (κ3) is 3.47. The number of hydrogen-bond donors (Lipinski definition) is 1. The first kappa shape index (κ1) is 13.4. The Morgan fingerprint density at radius 2 is 2.32 bits per heavy atom. The molecule has 2 aromatic rings. The fourth-order valence-electron chi connectivity index (χ4n) is 1.57. The normalized spacial score (nSPS) is 9.79. The van der Waals surface area contributed by atoms with Gasteiger partial charge in [0.05, 0.1) is 28.8 Å². The predicted octanol–water partition coefficient (Wildman–Crippen LogP) is 1.92. The van der Waals surface area contributed by atoms with E-state index in [1.807, 2.05) is 12.1 Å². The van der Waals surface area contributed by atoms with Gasteiger partial charge in [-0.05, 0) is 18.2 Å². The van der Waals surface area contributed by atoms with E-state index in [0.29, 0.717) is 18.0 Å². The molecule has 19 heavy (non-hydrogen) atoms. The van der Waals surface area contributed by atoms with Crippen LogP contribution in [-0.4, -0.2) is 24.4 Å². The van der Waals surface area contributed by atoms with Gasteiger partial charge in [0.1, 0.15) is 0 Å². The van der Waals surface area contributed by atoms with E-state index in [1.165, 1.54) is 11.3 Å². The van der Waals surface area contributed by atoms with Gasteiger partial charge in [0.25, 0.3) is 5.91 Å². The summed E-state index contributed by atoms with van der Waals surface area (Å²) in [6.45, 7) is 0.846. The second kappa shape index (κ2) is 6.23. The Labute approximate surface area is 115 Å². The fourth-order valence-corrected chi connectivity index (χ4v) is 2.45. The summed E-state index contributed by atoms with van der Waals surface area (Å²) >= 11 is 1.38. The molecule has 2 heterocycles. The van der Waals surface area contributed by atoms with Crippen LogP contribution in [0.3, 0.4) is 0 Å². The van der Waals surface area contributed by atoms with Crippen molar-refractivity contribution in [1.82, 2.24) is 4.90 Å². The Morgan fingerprint density at radius 1 is 1.47 bits per heavy atom. The van der Waals surface area contributed by atoms with Gasteiger partial charge in [0, 0.05) is 19.2 Å². The van der Waals surface area contributed by atoms with E-state index in [4.69, 9.17) is 10.2 Å². The molecule has 0 radical (unpaired) electrons. The maximum atomic E-state index is 12.2. The number of amides is 1. The van der Waals surface area contributed by atoms with Crippen LogP contribution in [0.5, 0.6) is 0 Å². The van der Waals surface area contributed by atoms with Crippen LogP contribution < -0.4 is 5.73 Å². The lowest BCUT2D eigenvalue weighted by Gasteiger charge is -2.14. The molecule has 5 heteroatoms. The minimum atomic E-state index is -0.0213. The molecule has 0 atom stereocenters. The molecule has 2 rings (SSSR count). The van der Waals surface area contributed by atoms with Gasteiger partial charge in [-0.1, -0.05) is 11.8 Å². The zero-order valence-electron chi connectivity index (χ0n) is 10.6. The highest BCUT2D eigenvalue weighted by molar-refractivity contribution is 7.14. The van der Waals surface area contributed by atoms with Crippen LogP contribution >= 0.6 is 11.3 Å². The summed E-state index contributed by atoms with van der Waals surface area (Å²) in [6.07, 6.45) is 3.23. The van der Waals surface area contributed by atoms with Crippen LogP contribution in [0.25, 0.3) is 0 Å². The van der Waals surface area contributed by atoms with Crippen molar-refractivity contribution in [3.05, 3.63) is 46.0 Å². The zero-order chi connectivity index (χ0) is 13.7. The monoisotopic (exact) mass is 274 g/mol. The first-order valence-electron chi connectivity index (χ1n) is 5.76. The van der Waals surface area contributed by atoms with Crippen molar-refractivity contribution in [3.63, 3.8) is 0 Å². The van der Waals surface area contributed by atoms with Crippen molar-refractivity contribution < 1.29 is 9.21 Å². The van der Waals surface area contributed by atoms with Gasteiger partial charge < -0.3 is 15.1 Å². The molecule has 0 bridgehead atoms. The number of rotatable bonds is 3.